The fraction of sp³-hybridized carbons (Fsp3) is 0.211. The first-order valence-corrected chi connectivity index (χ1v) is 9.92. The molecule has 1 aromatic carbocycles. The molecule has 142 valence electrons. The molecule has 1 fully saturated rings. The van der Waals surface area contributed by atoms with E-state index in [1.54, 1.807) is 45.4 Å². The molecule has 2 aromatic heterocycles. The van der Waals surface area contributed by atoms with E-state index >= 15 is 0 Å². The van der Waals surface area contributed by atoms with Crippen LogP contribution in [0.3, 0.4) is 0 Å². The summed E-state index contributed by atoms with van der Waals surface area (Å²) in [5.41, 5.74) is 1.33. The maximum Gasteiger partial charge on any atom is 0.278 e. The largest absolute Gasteiger partial charge is 0.337 e. The highest BCUT2D eigenvalue weighted by molar-refractivity contribution is 7.04. The van der Waals surface area contributed by atoms with Crippen LogP contribution in [0.1, 0.15) is 33.7 Å². The van der Waals surface area contributed by atoms with Crippen LogP contribution < -0.4 is 4.67 Å². The molecule has 0 spiro atoms. The lowest BCUT2D eigenvalue weighted by Crippen LogP contribution is -2.31. The molecule has 0 bridgehead atoms. The smallest absolute Gasteiger partial charge is 0.278 e. The number of nitrogens with zero attached hydrogens (tertiary/aromatic N) is 5. The first-order valence-electron chi connectivity index (χ1n) is 8.77. The van der Waals surface area contributed by atoms with E-state index in [4.69, 9.17) is 11.6 Å². The Morgan fingerprint density at radius 1 is 1.04 bits per heavy atom. The first kappa shape index (κ1) is 18.5. The summed E-state index contributed by atoms with van der Waals surface area (Å²) in [6, 6.07) is 10.2. The molecule has 0 N–H and O–H groups in total. The van der Waals surface area contributed by atoms with Gasteiger partial charge in [0.1, 0.15) is 0 Å². The number of aromatic nitrogens is 3. The third-order valence-corrected chi connectivity index (χ3v) is 5.52. The average molecular weight is 414 g/mol. The number of amides is 2. The van der Waals surface area contributed by atoms with Gasteiger partial charge < -0.3 is 4.90 Å². The van der Waals surface area contributed by atoms with Crippen molar-refractivity contribution in [1.29, 1.82) is 0 Å². The minimum Gasteiger partial charge on any atom is -0.337 e. The van der Waals surface area contributed by atoms with Crippen molar-refractivity contribution in [2.75, 3.05) is 13.1 Å². The van der Waals surface area contributed by atoms with Crippen LogP contribution in [0.5, 0.6) is 0 Å². The molecule has 0 aliphatic carbocycles. The predicted octanol–water partition coefficient (Wildman–Crippen LogP) is 2.96. The average Bonchev–Trinajstić information content (AvgIpc) is 3.39. The van der Waals surface area contributed by atoms with Crippen molar-refractivity contribution in [3.05, 3.63) is 69.7 Å². The zero-order valence-electron chi connectivity index (χ0n) is 14.8. The summed E-state index contributed by atoms with van der Waals surface area (Å²) in [6.45, 7) is 1.38. The van der Waals surface area contributed by atoms with Crippen LogP contribution in [-0.2, 0) is 0 Å². The maximum atomic E-state index is 12.9. The lowest BCUT2D eigenvalue weighted by atomic mass is 10.2. The predicted molar refractivity (Wildman–Crippen MR) is 106 cm³/mol. The van der Waals surface area contributed by atoms with E-state index in [-0.39, 0.29) is 16.3 Å². The van der Waals surface area contributed by atoms with Crippen molar-refractivity contribution < 1.29 is 9.59 Å². The molecule has 3 heterocycles. The second kappa shape index (κ2) is 8.04. The monoisotopic (exact) mass is 413 g/mol. The van der Waals surface area contributed by atoms with Gasteiger partial charge in [-0.3, -0.25) is 14.6 Å². The molecule has 7 nitrogen and oxygen atoms in total. The van der Waals surface area contributed by atoms with Gasteiger partial charge in [-0.15, -0.1) is 5.10 Å². The van der Waals surface area contributed by atoms with Crippen molar-refractivity contribution in [2.45, 2.75) is 12.8 Å². The van der Waals surface area contributed by atoms with E-state index in [2.05, 4.69) is 15.1 Å². The van der Waals surface area contributed by atoms with Gasteiger partial charge in [0.15, 0.2) is 10.4 Å². The van der Waals surface area contributed by atoms with E-state index in [0.29, 0.717) is 23.7 Å². The Labute approximate surface area is 170 Å². The minimum absolute atomic E-state index is 0.184. The Hall–Kier alpha value is -2.84. The standard InChI is InChI=1S/C19H16ClN5O2S/c20-14-3-5-15(6-4-14)25-23-16(19(27)24-11-1-2-12-24)18(28-25)22-17(26)13-7-9-21-10-8-13/h3-10H,1-2,11-12H2. The molecule has 0 unspecified atom stereocenters. The number of hydrogen-bond acceptors (Lipinski definition) is 5. The van der Waals surface area contributed by atoms with Crippen molar-refractivity contribution in [3.63, 3.8) is 0 Å². The molecule has 3 aromatic rings. The van der Waals surface area contributed by atoms with Gasteiger partial charge in [-0.2, -0.15) is 9.06 Å². The summed E-state index contributed by atoms with van der Waals surface area (Å²) < 4.78 is 1.87. The zero-order chi connectivity index (χ0) is 19.5. The molecule has 0 atom stereocenters. The molecule has 28 heavy (non-hydrogen) atoms. The Bertz CT molecular complexity index is 1070. The lowest BCUT2D eigenvalue weighted by Gasteiger charge is -2.12. The van der Waals surface area contributed by atoms with Gasteiger partial charge in [0.05, 0.1) is 5.69 Å². The normalized spacial score (nSPS) is 14.5. The summed E-state index contributed by atoms with van der Waals surface area (Å²) in [7, 11) is 0. The number of rotatable bonds is 3. The Morgan fingerprint density at radius 3 is 2.39 bits per heavy atom. The molecule has 2 amide bonds. The summed E-state index contributed by atoms with van der Waals surface area (Å²) in [6.07, 6.45) is 4.99. The van der Waals surface area contributed by atoms with Crippen molar-refractivity contribution in [3.8, 4) is 5.69 Å². The van der Waals surface area contributed by atoms with Crippen molar-refractivity contribution in [1.82, 2.24) is 19.1 Å². The molecule has 1 saturated heterocycles. The third kappa shape index (κ3) is 3.88. The van der Waals surface area contributed by atoms with Crippen LogP contribution in [0.25, 0.3) is 5.69 Å². The molecule has 1 aliphatic heterocycles. The maximum absolute atomic E-state index is 12.9. The van der Waals surface area contributed by atoms with E-state index < -0.39 is 5.91 Å². The molecular weight excluding hydrogens is 398 g/mol. The highest BCUT2D eigenvalue weighted by atomic mass is 35.5. The van der Waals surface area contributed by atoms with E-state index in [9.17, 15) is 9.59 Å². The third-order valence-electron chi connectivity index (χ3n) is 4.34. The van der Waals surface area contributed by atoms with Crippen LogP contribution in [0.4, 0.5) is 0 Å². The first-order chi connectivity index (χ1) is 13.6. The molecule has 0 radical (unpaired) electrons. The lowest BCUT2D eigenvalue weighted by molar-refractivity contribution is 0.0785. The van der Waals surface area contributed by atoms with Gasteiger partial charge in [-0.05, 0) is 60.8 Å². The van der Waals surface area contributed by atoms with Crippen LogP contribution in [0.15, 0.2) is 53.8 Å². The summed E-state index contributed by atoms with van der Waals surface area (Å²) in [5.74, 6) is -0.646. The summed E-state index contributed by atoms with van der Waals surface area (Å²) in [5, 5.41) is 5.05. The van der Waals surface area contributed by atoms with Gasteiger partial charge in [-0.25, -0.2) is 0 Å². The topological polar surface area (TPSA) is 80.4 Å². The number of pyridine rings is 1. The Balaban J connectivity index is 1.78. The Kier molecular flexibility index (Phi) is 5.31. The van der Waals surface area contributed by atoms with Gasteiger partial charge in [0.2, 0.25) is 0 Å². The SMILES string of the molecule is O=C(N=c1sn(-c2ccc(Cl)cc2)nc1C(=O)N1CCCC1)c1ccncc1. The molecule has 4 rings (SSSR count). The van der Waals surface area contributed by atoms with Gasteiger partial charge in [0, 0.05) is 36.1 Å². The highest BCUT2D eigenvalue weighted by Crippen LogP contribution is 2.16. The van der Waals surface area contributed by atoms with Crippen molar-refractivity contribution in [2.24, 2.45) is 4.99 Å². The number of hydrogen-bond donors (Lipinski definition) is 0. The van der Waals surface area contributed by atoms with Crippen LogP contribution in [0.2, 0.25) is 5.02 Å². The summed E-state index contributed by atoms with van der Waals surface area (Å²) >= 11 is 7.09. The number of carbonyl (C=O) groups is 2. The summed E-state index contributed by atoms with van der Waals surface area (Å²) in [4.78, 5) is 35.3. The molecular formula is C19H16ClN5O2S. The number of halogens is 1. The second-order valence-electron chi connectivity index (χ2n) is 6.25. The number of carbonyl (C=O) groups excluding carboxylic acids is 2. The van der Waals surface area contributed by atoms with Gasteiger partial charge in [0.25, 0.3) is 11.8 Å². The number of benzene rings is 1. The molecule has 1 aliphatic rings. The van der Waals surface area contributed by atoms with Crippen molar-refractivity contribution >= 4 is 34.9 Å². The van der Waals surface area contributed by atoms with E-state index in [0.717, 1.165) is 30.1 Å². The van der Waals surface area contributed by atoms with Crippen LogP contribution in [0, 0.1) is 0 Å². The zero-order valence-corrected chi connectivity index (χ0v) is 16.4. The van der Waals surface area contributed by atoms with Gasteiger partial charge >= 0.3 is 0 Å². The molecule has 9 heteroatoms. The quantitative estimate of drug-likeness (QED) is 0.661. The highest BCUT2D eigenvalue weighted by Gasteiger charge is 2.25. The second-order valence-corrected chi connectivity index (χ2v) is 7.60. The fourth-order valence-electron chi connectivity index (χ4n) is 2.89. The van der Waals surface area contributed by atoms with Crippen LogP contribution >= 0.6 is 23.1 Å². The van der Waals surface area contributed by atoms with E-state index in [1.165, 1.54) is 12.4 Å². The Morgan fingerprint density at radius 2 is 1.71 bits per heavy atom. The molecule has 0 saturated carbocycles. The fourth-order valence-corrected chi connectivity index (χ4v) is 3.86. The minimum atomic E-state index is -0.440. The van der Waals surface area contributed by atoms with Gasteiger partial charge in [-0.1, -0.05) is 11.6 Å². The number of likely N-dealkylation sites (tertiary alicyclic amines) is 1. The van der Waals surface area contributed by atoms with E-state index in [1.807, 2.05) is 0 Å². The van der Waals surface area contributed by atoms with Crippen LogP contribution in [-0.4, -0.2) is 44.0 Å².